The van der Waals surface area contributed by atoms with E-state index in [9.17, 15) is 8.78 Å². The van der Waals surface area contributed by atoms with Gasteiger partial charge in [0.25, 0.3) is 0 Å². The summed E-state index contributed by atoms with van der Waals surface area (Å²) >= 11 is 0. The lowest BCUT2D eigenvalue weighted by atomic mass is 9.97. The molecule has 0 bridgehead atoms. The summed E-state index contributed by atoms with van der Waals surface area (Å²) in [5.41, 5.74) is 4.32. The first-order chi connectivity index (χ1) is 12.1. The summed E-state index contributed by atoms with van der Waals surface area (Å²) in [6.45, 7) is 1.77. The normalized spacial score (nSPS) is 16.4. The molecule has 1 aliphatic heterocycles. The molecule has 1 unspecified atom stereocenters. The van der Waals surface area contributed by atoms with Gasteiger partial charge in [-0.1, -0.05) is 0 Å². The minimum absolute atomic E-state index is 0.260. The molecule has 0 aliphatic carbocycles. The smallest absolute Gasteiger partial charge is 0.240 e. The number of anilines is 1. The number of nitrogens with one attached hydrogen (secondary N) is 1. The second kappa shape index (κ2) is 5.87. The summed E-state index contributed by atoms with van der Waals surface area (Å²) in [5.74, 6) is 0.0774. The Hall–Kier alpha value is -2.90. The van der Waals surface area contributed by atoms with Gasteiger partial charge in [-0.15, -0.1) is 5.10 Å². The average Bonchev–Trinajstić information content (AvgIpc) is 3.15. The molecule has 1 aliphatic rings. The van der Waals surface area contributed by atoms with Crippen LogP contribution in [0.3, 0.4) is 0 Å². The molecule has 1 N–H and O–H groups in total. The molecule has 0 radical (unpaired) electrons. The summed E-state index contributed by atoms with van der Waals surface area (Å²) in [6.07, 6.45) is 0.876. The number of aliphatic imine (C=N–C) groups is 1. The van der Waals surface area contributed by atoms with Crippen molar-refractivity contribution in [3.63, 3.8) is 0 Å². The van der Waals surface area contributed by atoms with Gasteiger partial charge in [0.15, 0.2) is 0 Å². The molecule has 0 aromatic carbocycles. The van der Waals surface area contributed by atoms with E-state index in [0.717, 1.165) is 11.1 Å². The van der Waals surface area contributed by atoms with E-state index in [-0.39, 0.29) is 6.42 Å². The van der Waals surface area contributed by atoms with Crippen molar-refractivity contribution in [1.29, 1.82) is 0 Å². The number of pyridine rings is 1. The van der Waals surface area contributed by atoms with Crippen molar-refractivity contribution in [2.75, 3.05) is 12.4 Å². The Balaban J connectivity index is 1.78. The van der Waals surface area contributed by atoms with Gasteiger partial charge in [0.1, 0.15) is 0 Å². The van der Waals surface area contributed by atoms with Crippen LogP contribution < -0.4 is 5.32 Å². The number of nitrogens with zero attached hydrogens (tertiary/aromatic N) is 5. The van der Waals surface area contributed by atoms with Crippen LogP contribution in [0.2, 0.25) is 0 Å². The molecule has 3 aromatic rings. The van der Waals surface area contributed by atoms with Crippen molar-refractivity contribution < 1.29 is 8.78 Å². The number of fused-ring (bicyclic) bond motifs is 2. The number of halogens is 2. The average molecular weight is 342 g/mol. The lowest BCUT2D eigenvalue weighted by Crippen LogP contribution is -2.10. The molecule has 1 atom stereocenters. The third kappa shape index (κ3) is 2.63. The standard InChI is InChI=1S/C17H16F2N6/c1-9-11(7-15(18)19)16-13(22-9)4-3-12(23-16)10-5-6-25-14(10)8-21-17(20-2)24-25/h3-6,8,11,15H,7H2,1-2H3,(H,20,24). The Morgan fingerprint density at radius 3 is 2.88 bits per heavy atom. The predicted molar refractivity (Wildman–Crippen MR) is 91.9 cm³/mol. The van der Waals surface area contributed by atoms with Gasteiger partial charge in [-0.2, -0.15) is 0 Å². The Morgan fingerprint density at radius 1 is 1.28 bits per heavy atom. The largest absolute Gasteiger partial charge is 0.356 e. The van der Waals surface area contributed by atoms with E-state index < -0.39 is 12.3 Å². The van der Waals surface area contributed by atoms with Crippen molar-refractivity contribution in [3.8, 4) is 11.3 Å². The lowest BCUT2D eigenvalue weighted by Gasteiger charge is -2.11. The van der Waals surface area contributed by atoms with Crippen molar-refractivity contribution in [1.82, 2.24) is 19.6 Å². The van der Waals surface area contributed by atoms with E-state index in [1.807, 2.05) is 24.4 Å². The molecular formula is C17H16F2N6. The number of hydrogen-bond acceptors (Lipinski definition) is 5. The molecule has 4 rings (SSSR count). The summed E-state index contributed by atoms with van der Waals surface area (Å²) in [6, 6.07) is 5.57. The Kier molecular flexibility index (Phi) is 3.67. The summed E-state index contributed by atoms with van der Waals surface area (Å²) in [5, 5.41) is 7.21. The van der Waals surface area contributed by atoms with Gasteiger partial charge in [0.2, 0.25) is 12.4 Å². The summed E-state index contributed by atoms with van der Waals surface area (Å²) < 4.78 is 27.5. The maximum Gasteiger partial charge on any atom is 0.240 e. The second-order valence-electron chi connectivity index (χ2n) is 5.92. The van der Waals surface area contributed by atoms with Crippen LogP contribution in [-0.2, 0) is 0 Å². The predicted octanol–water partition coefficient (Wildman–Crippen LogP) is 3.68. The van der Waals surface area contributed by atoms with Gasteiger partial charge in [-0.25, -0.2) is 23.3 Å². The van der Waals surface area contributed by atoms with E-state index in [0.29, 0.717) is 28.7 Å². The third-order valence-corrected chi connectivity index (χ3v) is 4.36. The maximum atomic E-state index is 12.9. The minimum atomic E-state index is -2.39. The van der Waals surface area contributed by atoms with E-state index >= 15 is 0 Å². The molecule has 0 saturated carbocycles. The summed E-state index contributed by atoms with van der Waals surface area (Å²) in [7, 11) is 1.75. The van der Waals surface area contributed by atoms with Crippen LogP contribution in [0.5, 0.6) is 0 Å². The topological polar surface area (TPSA) is 67.5 Å². The highest BCUT2D eigenvalue weighted by atomic mass is 19.3. The van der Waals surface area contributed by atoms with Crippen molar-refractivity contribution in [2.24, 2.45) is 4.99 Å². The van der Waals surface area contributed by atoms with E-state index in [2.05, 4.69) is 25.4 Å². The zero-order valence-corrected chi connectivity index (χ0v) is 13.7. The second-order valence-corrected chi connectivity index (χ2v) is 5.92. The molecule has 0 saturated heterocycles. The molecule has 8 heteroatoms. The molecule has 0 amide bonds. The van der Waals surface area contributed by atoms with Crippen LogP contribution in [-0.4, -0.2) is 38.8 Å². The van der Waals surface area contributed by atoms with Gasteiger partial charge < -0.3 is 5.32 Å². The van der Waals surface area contributed by atoms with Gasteiger partial charge in [0.05, 0.1) is 28.8 Å². The Bertz CT molecular complexity index is 978. The fourth-order valence-corrected chi connectivity index (χ4v) is 3.13. The van der Waals surface area contributed by atoms with Crippen LogP contribution in [0.25, 0.3) is 16.8 Å². The zero-order valence-electron chi connectivity index (χ0n) is 13.7. The monoisotopic (exact) mass is 342 g/mol. The number of hydrogen-bond donors (Lipinski definition) is 1. The molecule has 0 spiro atoms. The molecule has 128 valence electrons. The first-order valence-corrected chi connectivity index (χ1v) is 7.93. The minimum Gasteiger partial charge on any atom is -0.356 e. The summed E-state index contributed by atoms with van der Waals surface area (Å²) in [4.78, 5) is 13.2. The fourth-order valence-electron chi connectivity index (χ4n) is 3.13. The molecule has 6 nitrogen and oxygen atoms in total. The Labute approximate surface area is 142 Å². The van der Waals surface area contributed by atoms with Gasteiger partial charge in [-0.05, 0) is 25.1 Å². The van der Waals surface area contributed by atoms with Crippen LogP contribution in [0.15, 0.2) is 35.6 Å². The van der Waals surface area contributed by atoms with Gasteiger partial charge >= 0.3 is 0 Å². The van der Waals surface area contributed by atoms with Crippen LogP contribution in [0.1, 0.15) is 25.0 Å². The van der Waals surface area contributed by atoms with E-state index in [4.69, 9.17) is 0 Å². The van der Waals surface area contributed by atoms with Gasteiger partial charge in [0, 0.05) is 36.9 Å². The van der Waals surface area contributed by atoms with Crippen molar-refractivity contribution in [3.05, 3.63) is 36.3 Å². The van der Waals surface area contributed by atoms with Gasteiger partial charge in [-0.3, -0.25) is 4.99 Å². The number of alkyl halides is 2. The molecule has 0 fully saturated rings. The maximum absolute atomic E-state index is 12.9. The third-order valence-electron chi connectivity index (χ3n) is 4.36. The van der Waals surface area contributed by atoms with E-state index in [1.54, 1.807) is 24.7 Å². The molecule has 3 aromatic heterocycles. The lowest BCUT2D eigenvalue weighted by molar-refractivity contribution is 0.135. The molecule has 4 heterocycles. The highest BCUT2D eigenvalue weighted by Gasteiger charge is 2.29. The van der Waals surface area contributed by atoms with Crippen molar-refractivity contribution in [2.45, 2.75) is 25.7 Å². The van der Waals surface area contributed by atoms with Crippen LogP contribution >= 0.6 is 0 Å². The quantitative estimate of drug-likeness (QED) is 0.785. The number of rotatable bonds is 4. The Morgan fingerprint density at radius 2 is 2.12 bits per heavy atom. The van der Waals surface area contributed by atoms with Crippen LogP contribution in [0.4, 0.5) is 20.4 Å². The molecular weight excluding hydrogens is 326 g/mol. The number of aromatic nitrogens is 4. The van der Waals surface area contributed by atoms with Crippen molar-refractivity contribution >= 4 is 22.9 Å². The van der Waals surface area contributed by atoms with E-state index in [1.165, 1.54) is 0 Å². The first-order valence-electron chi connectivity index (χ1n) is 7.93. The highest BCUT2D eigenvalue weighted by Crippen LogP contribution is 2.39. The van der Waals surface area contributed by atoms with Crippen LogP contribution in [0, 0.1) is 0 Å². The zero-order chi connectivity index (χ0) is 17.6. The highest BCUT2D eigenvalue weighted by molar-refractivity contribution is 5.96. The fraction of sp³-hybridized carbons (Fsp3) is 0.294. The first kappa shape index (κ1) is 15.6. The SMILES string of the molecule is CNc1ncc2c(-c3ccc4c(n3)C(CC(F)F)C(C)=N4)ccn2n1. The molecule has 25 heavy (non-hydrogen) atoms.